The van der Waals surface area contributed by atoms with Gasteiger partial charge in [0, 0.05) is 35.8 Å². The van der Waals surface area contributed by atoms with Crippen LogP contribution in [-0.2, 0) is 15.8 Å². The SMILES string of the molecule is Cc1ccc2c(NS(=O)(=O)Cc3ccc(OC(F)(F)F)cc3)c(F)ccc2c1Oc1ncccc1-c1ccnc(N[C@H]2CCCNC2)n1.Cl. The van der Waals surface area contributed by atoms with Gasteiger partial charge in [0.05, 0.1) is 22.7 Å². The highest BCUT2D eigenvalue weighted by molar-refractivity contribution is 7.91. The van der Waals surface area contributed by atoms with Crippen LogP contribution in [0.15, 0.2) is 79.1 Å². The summed E-state index contributed by atoms with van der Waals surface area (Å²) in [7, 11) is -4.22. The molecular formula is C33H31ClF4N6O4S. The normalized spacial score (nSPS) is 14.9. The zero-order chi connectivity index (χ0) is 33.9. The Morgan fingerprint density at radius 1 is 0.980 bits per heavy atom. The maximum atomic E-state index is 15.2. The minimum atomic E-state index is -4.89. The number of fused-ring (bicyclic) bond motifs is 1. The van der Waals surface area contributed by atoms with Crippen LogP contribution in [0.3, 0.4) is 0 Å². The summed E-state index contributed by atoms with van der Waals surface area (Å²) in [5.74, 6) is -0.938. The zero-order valence-corrected chi connectivity index (χ0v) is 27.6. The minimum absolute atomic E-state index is 0. The molecule has 1 fully saturated rings. The van der Waals surface area contributed by atoms with E-state index in [4.69, 9.17) is 9.72 Å². The summed E-state index contributed by atoms with van der Waals surface area (Å²) in [5.41, 5.74) is 1.68. The van der Waals surface area contributed by atoms with Gasteiger partial charge in [0.2, 0.25) is 21.9 Å². The number of anilines is 2. The van der Waals surface area contributed by atoms with Crippen molar-refractivity contribution in [2.45, 2.75) is 37.9 Å². The van der Waals surface area contributed by atoms with Crippen LogP contribution in [0.2, 0.25) is 0 Å². The largest absolute Gasteiger partial charge is 0.573 e. The van der Waals surface area contributed by atoms with E-state index in [-0.39, 0.29) is 41.0 Å². The molecular weight excluding hydrogens is 688 g/mol. The van der Waals surface area contributed by atoms with Crippen LogP contribution >= 0.6 is 12.4 Å². The number of piperidine rings is 1. The van der Waals surface area contributed by atoms with E-state index in [0.29, 0.717) is 33.9 Å². The number of benzene rings is 3. The highest BCUT2D eigenvalue weighted by Gasteiger charge is 2.31. The fourth-order valence-corrected chi connectivity index (χ4v) is 6.62. The van der Waals surface area contributed by atoms with Crippen LogP contribution in [0, 0.1) is 12.7 Å². The summed E-state index contributed by atoms with van der Waals surface area (Å²) in [6.45, 7) is 3.58. The quantitative estimate of drug-likeness (QED) is 0.127. The third kappa shape index (κ3) is 8.85. The molecule has 0 spiro atoms. The minimum Gasteiger partial charge on any atom is -0.437 e. The van der Waals surface area contributed by atoms with E-state index in [1.807, 2.05) is 0 Å². The zero-order valence-electron chi connectivity index (χ0n) is 25.9. The topological polar surface area (TPSA) is 127 Å². The third-order valence-corrected chi connectivity index (χ3v) is 8.83. The molecule has 0 amide bonds. The fraction of sp³-hybridized carbons (Fsp3) is 0.242. The number of rotatable bonds is 10. The molecule has 0 radical (unpaired) electrons. The first-order valence-electron chi connectivity index (χ1n) is 14.9. The number of ether oxygens (including phenoxy) is 2. The van der Waals surface area contributed by atoms with Gasteiger partial charge in [-0.25, -0.2) is 27.8 Å². The number of aryl methyl sites for hydroxylation is 1. The van der Waals surface area contributed by atoms with Gasteiger partial charge in [-0.15, -0.1) is 25.6 Å². The van der Waals surface area contributed by atoms with Gasteiger partial charge in [0.15, 0.2) is 0 Å². The van der Waals surface area contributed by atoms with Gasteiger partial charge in [-0.05, 0) is 79.9 Å². The maximum Gasteiger partial charge on any atom is 0.573 e. The lowest BCUT2D eigenvalue weighted by Crippen LogP contribution is -2.38. The van der Waals surface area contributed by atoms with E-state index < -0.39 is 33.7 Å². The Balaban J connectivity index is 0.00000468. The molecule has 1 aliphatic rings. The predicted octanol–water partition coefficient (Wildman–Crippen LogP) is 7.36. The summed E-state index contributed by atoms with van der Waals surface area (Å²) in [6.07, 6.45) is 0.368. The number of sulfonamides is 1. The molecule has 258 valence electrons. The Hall–Kier alpha value is -4.73. The molecule has 0 bridgehead atoms. The number of alkyl halides is 3. The Morgan fingerprint density at radius 2 is 1.76 bits per heavy atom. The smallest absolute Gasteiger partial charge is 0.437 e. The number of pyridine rings is 1. The first-order valence-corrected chi connectivity index (χ1v) is 16.6. The van der Waals surface area contributed by atoms with Gasteiger partial charge >= 0.3 is 6.36 Å². The van der Waals surface area contributed by atoms with Crippen LogP contribution < -0.4 is 24.8 Å². The number of aromatic nitrogens is 3. The second-order valence-electron chi connectivity index (χ2n) is 11.2. The summed E-state index contributed by atoms with van der Waals surface area (Å²) in [6, 6.07) is 15.7. The lowest BCUT2D eigenvalue weighted by molar-refractivity contribution is -0.274. The van der Waals surface area contributed by atoms with E-state index in [1.165, 1.54) is 18.2 Å². The van der Waals surface area contributed by atoms with Gasteiger partial charge in [-0.3, -0.25) is 4.72 Å². The number of nitrogens with zero attached hydrogens (tertiary/aromatic N) is 3. The van der Waals surface area contributed by atoms with Crippen LogP contribution in [0.5, 0.6) is 17.4 Å². The lowest BCUT2D eigenvalue weighted by atomic mass is 10.0. The maximum absolute atomic E-state index is 15.2. The standard InChI is InChI=1S/C33H30F4N6O4S.ClH/c1-20-6-11-24-25(12-13-27(34)29(24)43-48(44,45)19-21-7-9-23(10-8-21)47-33(35,36)37)30(20)46-31-26(5-3-16-39-31)28-14-17-40-32(42-28)41-22-4-2-15-38-18-22;/h3,5-14,16-17,22,38,43H,2,4,15,18-19H2,1H3,(H,40,41,42);1H/t22-;/m0./s1. The molecule has 6 rings (SSSR count). The molecule has 16 heteroatoms. The van der Waals surface area contributed by atoms with Crippen molar-refractivity contribution in [3.05, 3.63) is 96.1 Å². The van der Waals surface area contributed by atoms with Crippen molar-refractivity contribution in [2.24, 2.45) is 0 Å². The van der Waals surface area contributed by atoms with Gasteiger partial charge < -0.3 is 20.1 Å². The first-order chi connectivity index (χ1) is 22.9. The Bertz CT molecular complexity index is 2050. The number of halogens is 5. The second-order valence-corrected chi connectivity index (χ2v) is 12.9. The van der Waals surface area contributed by atoms with Crippen molar-refractivity contribution in [3.63, 3.8) is 0 Å². The average molecular weight is 719 g/mol. The van der Waals surface area contributed by atoms with Crippen molar-refractivity contribution in [3.8, 4) is 28.6 Å². The fourth-order valence-electron chi connectivity index (χ4n) is 5.40. The highest BCUT2D eigenvalue weighted by atomic mass is 35.5. The molecule has 3 aromatic carbocycles. The molecule has 0 saturated carbocycles. The number of nitrogens with one attached hydrogen (secondary N) is 3. The van der Waals surface area contributed by atoms with Gasteiger partial charge in [-0.1, -0.05) is 24.3 Å². The Kier molecular flexibility index (Phi) is 10.7. The molecule has 1 saturated heterocycles. The molecule has 3 N–H and O–H groups in total. The summed E-state index contributed by atoms with van der Waals surface area (Å²) >= 11 is 0. The van der Waals surface area contributed by atoms with E-state index in [2.05, 4.69) is 30.1 Å². The molecule has 1 aliphatic heterocycles. The van der Waals surface area contributed by atoms with Gasteiger partial charge in [0.25, 0.3) is 0 Å². The van der Waals surface area contributed by atoms with Crippen LogP contribution in [0.4, 0.5) is 29.2 Å². The van der Waals surface area contributed by atoms with Crippen LogP contribution in [0.25, 0.3) is 22.0 Å². The molecule has 0 unspecified atom stereocenters. The van der Waals surface area contributed by atoms with Crippen molar-refractivity contribution < 1.29 is 35.5 Å². The van der Waals surface area contributed by atoms with Crippen LogP contribution in [-0.4, -0.2) is 48.9 Å². The molecule has 1 atom stereocenters. The van der Waals surface area contributed by atoms with Crippen molar-refractivity contribution in [1.82, 2.24) is 20.3 Å². The molecule has 49 heavy (non-hydrogen) atoms. The van der Waals surface area contributed by atoms with E-state index in [9.17, 15) is 21.6 Å². The summed E-state index contributed by atoms with van der Waals surface area (Å²) in [5, 5.41) is 7.35. The highest BCUT2D eigenvalue weighted by Crippen LogP contribution is 2.40. The predicted molar refractivity (Wildman–Crippen MR) is 180 cm³/mol. The molecule has 2 aromatic heterocycles. The van der Waals surface area contributed by atoms with Gasteiger partial charge in [-0.2, -0.15) is 0 Å². The van der Waals surface area contributed by atoms with Crippen LogP contribution in [0.1, 0.15) is 24.0 Å². The monoisotopic (exact) mass is 718 g/mol. The molecule has 3 heterocycles. The number of hydrogen-bond acceptors (Lipinski definition) is 9. The summed E-state index contributed by atoms with van der Waals surface area (Å²) in [4.78, 5) is 13.5. The lowest BCUT2D eigenvalue weighted by Gasteiger charge is -2.23. The molecule has 10 nitrogen and oxygen atoms in total. The van der Waals surface area contributed by atoms with Gasteiger partial charge in [0.1, 0.15) is 17.3 Å². The molecule has 5 aromatic rings. The number of hydrogen-bond donors (Lipinski definition) is 3. The van der Waals surface area contributed by atoms with Crippen molar-refractivity contribution in [1.29, 1.82) is 0 Å². The van der Waals surface area contributed by atoms with E-state index in [0.717, 1.165) is 44.1 Å². The van der Waals surface area contributed by atoms with Crippen molar-refractivity contribution >= 4 is 44.8 Å². The Labute approximate surface area is 285 Å². The van der Waals surface area contributed by atoms with E-state index in [1.54, 1.807) is 49.6 Å². The molecule has 0 aliphatic carbocycles. The van der Waals surface area contributed by atoms with Crippen molar-refractivity contribution in [2.75, 3.05) is 23.1 Å². The third-order valence-electron chi connectivity index (χ3n) is 7.60. The average Bonchev–Trinajstić information content (AvgIpc) is 3.04. The second kappa shape index (κ2) is 14.8. The summed E-state index contributed by atoms with van der Waals surface area (Å²) < 4.78 is 91.5. The first kappa shape index (κ1) is 35.6. The Morgan fingerprint density at radius 3 is 2.49 bits per heavy atom. The van der Waals surface area contributed by atoms with E-state index >= 15 is 4.39 Å².